The van der Waals surface area contributed by atoms with Crippen molar-refractivity contribution in [2.45, 2.75) is 31.7 Å². The highest BCUT2D eigenvalue weighted by Gasteiger charge is 2.33. The van der Waals surface area contributed by atoms with Crippen LogP contribution in [0.5, 0.6) is 0 Å². The van der Waals surface area contributed by atoms with Crippen LogP contribution in [0.3, 0.4) is 0 Å². The van der Waals surface area contributed by atoms with Crippen LogP contribution in [-0.4, -0.2) is 10.8 Å². The van der Waals surface area contributed by atoms with Gasteiger partial charge in [-0.3, -0.25) is 4.79 Å². The number of halogens is 1. The smallest absolute Gasteiger partial charge is 0.227 e. The van der Waals surface area contributed by atoms with Gasteiger partial charge >= 0.3 is 0 Å². The molecule has 1 aliphatic rings. The Bertz CT molecular complexity index is 996. The van der Waals surface area contributed by atoms with Crippen LogP contribution in [0.15, 0.2) is 101 Å². The van der Waals surface area contributed by atoms with Gasteiger partial charge in [-0.05, 0) is 41.3 Å². The molecule has 3 aromatic carbocycles. The summed E-state index contributed by atoms with van der Waals surface area (Å²) in [6.07, 6.45) is 2.55. The van der Waals surface area contributed by atoms with Crippen LogP contribution >= 0.6 is 15.9 Å². The van der Waals surface area contributed by atoms with E-state index in [2.05, 4.69) is 89.7 Å². The zero-order valence-electron chi connectivity index (χ0n) is 16.5. The van der Waals surface area contributed by atoms with Crippen molar-refractivity contribution in [3.05, 3.63) is 118 Å². The maximum Gasteiger partial charge on any atom is 0.227 e. The van der Waals surface area contributed by atoms with E-state index in [-0.39, 0.29) is 17.7 Å². The number of rotatable bonds is 4. The van der Waals surface area contributed by atoms with E-state index in [1.54, 1.807) is 0 Å². The number of hydrogen-bond donors (Lipinski definition) is 0. The second kappa shape index (κ2) is 8.79. The lowest BCUT2D eigenvalue weighted by atomic mass is 9.76. The van der Waals surface area contributed by atoms with Crippen molar-refractivity contribution >= 4 is 21.8 Å². The van der Waals surface area contributed by atoms with Gasteiger partial charge in [0.25, 0.3) is 0 Å². The molecule has 0 fully saturated rings. The monoisotopic (exact) mass is 445 g/mol. The molecule has 1 heterocycles. The summed E-state index contributed by atoms with van der Waals surface area (Å²) >= 11 is 3.53. The Morgan fingerprint density at radius 3 is 2.14 bits per heavy atom. The lowest BCUT2D eigenvalue weighted by Crippen LogP contribution is -2.25. The molecule has 0 aliphatic carbocycles. The summed E-state index contributed by atoms with van der Waals surface area (Å²) in [7, 11) is 0. The van der Waals surface area contributed by atoms with Gasteiger partial charge < -0.3 is 4.90 Å². The Kier molecular flexibility index (Phi) is 5.96. The second-order valence-corrected chi connectivity index (χ2v) is 8.55. The second-order valence-electron chi connectivity index (χ2n) is 7.63. The molecule has 0 radical (unpaired) electrons. The van der Waals surface area contributed by atoms with E-state index in [1.807, 2.05) is 29.2 Å². The van der Waals surface area contributed by atoms with Crippen molar-refractivity contribution < 1.29 is 4.79 Å². The Labute approximate surface area is 181 Å². The van der Waals surface area contributed by atoms with E-state index >= 15 is 0 Å². The molecule has 1 amide bonds. The highest BCUT2D eigenvalue weighted by Crippen LogP contribution is 2.43. The highest BCUT2D eigenvalue weighted by molar-refractivity contribution is 9.10. The average molecular weight is 446 g/mol. The number of amides is 1. The van der Waals surface area contributed by atoms with Crippen LogP contribution in [0.1, 0.15) is 41.9 Å². The van der Waals surface area contributed by atoms with E-state index in [4.69, 9.17) is 0 Å². The van der Waals surface area contributed by atoms with Crippen molar-refractivity contribution in [2.24, 2.45) is 0 Å². The first-order valence-electron chi connectivity index (χ1n) is 9.94. The van der Waals surface area contributed by atoms with Gasteiger partial charge in [0, 0.05) is 28.9 Å². The normalized spacial score (nSPS) is 19.6. The summed E-state index contributed by atoms with van der Waals surface area (Å²) in [6.45, 7) is 2.76. The van der Waals surface area contributed by atoms with Crippen LogP contribution in [0.2, 0.25) is 0 Å². The van der Waals surface area contributed by atoms with Crippen LogP contribution in [0.4, 0.5) is 0 Å². The zero-order valence-corrected chi connectivity index (χ0v) is 18.0. The van der Waals surface area contributed by atoms with E-state index in [0.717, 1.165) is 10.0 Å². The third-order valence-corrected chi connectivity index (χ3v) is 6.15. The third-order valence-electron chi connectivity index (χ3n) is 5.62. The fourth-order valence-corrected chi connectivity index (χ4v) is 4.49. The maximum absolute atomic E-state index is 13.3. The largest absolute Gasteiger partial charge is 0.315 e. The number of allylic oxidation sites excluding steroid dienone is 1. The van der Waals surface area contributed by atoms with Gasteiger partial charge in [0.05, 0.1) is 6.54 Å². The van der Waals surface area contributed by atoms with Crippen molar-refractivity contribution in [1.82, 2.24) is 4.90 Å². The molecule has 29 heavy (non-hydrogen) atoms. The molecule has 0 unspecified atom stereocenters. The lowest BCUT2D eigenvalue weighted by molar-refractivity contribution is -0.129. The topological polar surface area (TPSA) is 20.3 Å². The molecule has 0 bridgehead atoms. The Balaban J connectivity index is 1.74. The van der Waals surface area contributed by atoms with Gasteiger partial charge in [0.1, 0.15) is 0 Å². The maximum atomic E-state index is 13.3. The van der Waals surface area contributed by atoms with Crippen molar-refractivity contribution in [3.8, 4) is 0 Å². The molecule has 2 nitrogen and oxygen atoms in total. The fourth-order valence-electron chi connectivity index (χ4n) is 4.23. The molecule has 3 aromatic rings. The number of carbonyl (C=O) groups excluding carboxylic acids is 1. The van der Waals surface area contributed by atoms with E-state index in [9.17, 15) is 4.79 Å². The SMILES string of the molecule is CC1=CN(Cc2ccccc2)C(=O)C[C@@H](c2ccc(Br)cc2)[C@@H]1c1ccccc1. The quantitative estimate of drug-likeness (QED) is 0.439. The number of carbonyl (C=O) groups is 1. The summed E-state index contributed by atoms with van der Waals surface area (Å²) in [5.74, 6) is 0.441. The molecule has 0 saturated heterocycles. The molecule has 0 saturated carbocycles. The van der Waals surface area contributed by atoms with E-state index in [0.29, 0.717) is 13.0 Å². The molecule has 3 heteroatoms. The molecule has 146 valence electrons. The predicted octanol–water partition coefficient (Wildman–Crippen LogP) is 6.65. The summed E-state index contributed by atoms with van der Waals surface area (Å²) < 4.78 is 1.05. The summed E-state index contributed by atoms with van der Waals surface area (Å²) in [6, 6.07) is 29.1. The Hall–Kier alpha value is -2.65. The first-order valence-corrected chi connectivity index (χ1v) is 10.7. The van der Waals surface area contributed by atoms with Crippen LogP contribution in [-0.2, 0) is 11.3 Å². The van der Waals surface area contributed by atoms with Gasteiger partial charge in [-0.25, -0.2) is 0 Å². The molecule has 0 spiro atoms. The number of nitrogens with zero attached hydrogens (tertiary/aromatic N) is 1. The van der Waals surface area contributed by atoms with E-state index < -0.39 is 0 Å². The van der Waals surface area contributed by atoms with Crippen LogP contribution in [0, 0.1) is 0 Å². The fraction of sp³-hybridized carbons (Fsp3) is 0.192. The minimum absolute atomic E-state index is 0.107. The zero-order chi connectivity index (χ0) is 20.2. The number of hydrogen-bond acceptors (Lipinski definition) is 1. The lowest BCUT2D eigenvalue weighted by Gasteiger charge is -2.26. The van der Waals surface area contributed by atoms with Gasteiger partial charge in [0.2, 0.25) is 5.91 Å². The first-order chi connectivity index (χ1) is 14.1. The number of benzene rings is 3. The van der Waals surface area contributed by atoms with Crippen LogP contribution in [0.25, 0.3) is 0 Å². The van der Waals surface area contributed by atoms with Gasteiger partial charge in [0.15, 0.2) is 0 Å². The van der Waals surface area contributed by atoms with Gasteiger partial charge in [-0.15, -0.1) is 0 Å². The molecule has 4 rings (SSSR count). The average Bonchev–Trinajstić information content (AvgIpc) is 2.86. The molecule has 2 atom stereocenters. The van der Waals surface area contributed by atoms with Crippen molar-refractivity contribution in [3.63, 3.8) is 0 Å². The molecule has 0 aromatic heterocycles. The Morgan fingerprint density at radius 1 is 0.862 bits per heavy atom. The highest BCUT2D eigenvalue weighted by atomic mass is 79.9. The predicted molar refractivity (Wildman–Crippen MR) is 121 cm³/mol. The first kappa shape index (κ1) is 19.7. The molecular weight excluding hydrogens is 422 g/mol. The minimum Gasteiger partial charge on any atom is -0.315 e. The molecule has 1 aliphatic heterocycles. The summed E-state index contributed by atoms with van der Waals surface area (Å²) in [5.41, 5.74) is 4.81. The summed E-state index contributed by atoms with van der Waals surface area (Å²) in [4.78, 5) is 15.2. The van der Waals surface area contributed by atoms with Crippen molar-refractivity contribution in [2.75, 3.05) is 0 Å². The van der Waals surface area contributed by atoms with Gasteiger partial charge in [-0.2, -0.15) is 0 Å². The van der Waals surface area contributed by atoms with E-state index in [1.165, 1.54) is 16.7 Å². The van der Waals surface area contributed by atoms with Gasteiger partial charge in [-0.1, -0.05) is 88.7 Å². The minimum atomic E-state index is 0.107. The van der Waals surface area contributed by atoms with Crippen molar-refractivity contribution in [1.29, 1.82) is 0 Å². The Morgan fingerprint density at radius 2 is 1.48 bits per heavy atom. The molecular formula is C26H24BrNO. The standard InChI is InChI=1S/C26H24BrNO/c1-19-17-28(18-20-8-4-2-5-9-20)25(29)16-24(21-12-14-23(27)15-13-21)26(19)22-10-6-3-7-11-22/h2-15,17,24,26H,16,18H2,1H3/t24-,26-/m0/s1. The molecule has 0 N–H and O–H groups in total. The summed E-state index contributed by atoms with van der Waals surface area (Å²) in [5, 5.41) is 0. The van der Waals surface area contributed by atoms with Crippen LogP contribution < -0.4 is 0 Å². The third kappa shape index (κ3) is 4.51.